The molecule has 0 atom stereocenters. The van der Waals surface area contributed by atoms with Gasteiger partial charge in [0, 0.05) is 16.2 Å². The Labute approximate surface area is 156 Å². The molecule has 6 rings (SSSR count). The molecule has 3 aromatic heterocycles. The summed E-state index contributed by atoms with van der Waals surface area (Å²) in [5, 5.41) is 6.21. The van der Waals surface area contributed by atoms with E-state index in [1.807, 2.05) is 0 Å². The first kappa shape index (κ1) is 14.7. The molecule has 0 aliphatic carbocycles. The third-order valence-electron chi connectivity index (χ3n) is 5.94. The van der Waals surface area contributed by atoms with Crippen molar-refractivity contribution in [1.29, 1.82) is 0 Å². The van der Waals surface area contributed by atoms with Gasteiger partial charge in [-0.05, 0) is 66.1 Å². The zero-order valence-corrected chi connectivity index (χ0v) is 15.3. The van der Waals surface area contributed by atoms with Crippen LogP contribution in [0.4, 0.5) is 0 Å². The highest BCUT2D eigenvalue weighted by molar-refractivity contribution is 6.04. The highest BCUT2D eigenvalue weighted by atomic mass is 15.0. The molecule has 2 nitrogen and oxygen atoms in total. The highest BCUT2D eigenvalue weighted by Crippen LogP contribution is 2.33. The molecule has 0 saturated heterocycles. The molecule has 0 aliphatic rings. The van der Waals surface area contributed by atoms with Gasteiger partial charge in [-0.15, -0.1) is 0 Å². The van der Waals surface area contributed by atoms with Crippen LogP contribution in [0.2, 0.25) is 0 Å². The number of aromatic nitrogens is 2. The van der Waals surface area contributed by atoms with E-state index in [0.717, 1.165) is 11.2 Å². The van der Waals surface area contributed by atoms with Gasteiger partial charge in [-0.25, -0.2) is 4.98 Å². The lowest BCUT2D eigenvalue weighted by Gasteiger charge is -2.12. The van der Waals surface area contributed by atoms with Gasteiger partial charge in [-0.1, -0.05) is 42.5 Å². The van der Waals surface area contributed by atoms with Crippen LogP contribution in [-0.4, -0.2) is 9.38 Å². The molecule has 0 N–H and O–H groups in total. The van der Waals surface area contributed by atoms with Crippen molar-refractivity contribution in [2.75, 3.05) is 0 Å². The fourth-order valence-corrected chi connectivity index (χ4v) is 4.35. The van der Waals surface area contributed by atoms with Crippen molar-refractivity contribution in [1.82, 2.24) is 9.38 Å². The van der Waals surface area contributed by atoms with E-state index in [2.05, 4.69) is 91.0 Å². The highest BCUT2D eigenvalue weighted by Gasteiger charge is 2.14. The molecule has 0 radical (unpaired) electrons. The van der Waals surface area contributed by atoms with Gasteiger partial charge in [0.1, 0.15) is 5.65 Å². The van der Waals surface area contributed by atoms with E-state index in [-0.39, 0.29) is 0 Å². The first-order chi connectivity index (χ1) is 13.2. The maximum Gasteiger partial charge on any atom is 0.145 e. The molecule has 6 aromatic rings. The van der Waals surface area contributed by atoms with E-state index in [4.69, 9.17) is 4.98 Å². The fraction of sp³-hybridized carbons (Fsp3) is 0.0800. The van der Waals surface area contributed by atoms with Crippen LogP contribution in [0.15, 0.2) is 72.8 Å². The van der Waals surface area contributed by atoms with E-state index in [0.29, 0.717) is 0 Å². The minimum absolute atomic E-state index is 1.04. The quantitative estimate of drug-likeness (QED) is 0.285. The molecular weight excluding hydrogens is 328 g/mol. The molecule has 0 spiro atoms. The Bertz CT molecular complexity index is 1540. The van der Waals surface area contributed by atoms with Gasteiger partial charge in [0.25, 0.3) is 0 Å². The Morgan fingerprint density at radius 2 is 1.30 bits per heavy atom. The Kier molecular flexibility index (Phi) is 2.77. The maximum absolute atomic E-state index is 5.07. The van der Waals surface area contributed by atoms with Crippen LogP contribution < -0.4 is 0 Å². The van der Waals surface area contributed by atoms with E-state index < -0.39 is 0 Å². The zero-order chi connectivity index (χ0) is 18.1. The lowest BCUT2D eigenvalue weighted by Crippen LogP contribution is -1.97. The summed E-state index contributed by atoms with van der Waals surface area (Å²) in [7, 11) is 0. The third-order valence-corrected chi connectivity index (χ3v) is 5.94. The Morgan fingerprint density at radius 1 is 0.630 bits per heavy atom. The topological polar surface area (TPSA) is 17.3 Å². The minimum atomic E-state index is 1.04. The SMILES string of the molecule is Cc1c(C)c2cc3cc4ccccc4cc3n2c2nc3ccccc3cc12. The summed E-state index contributed by atoms with van der Waals surface area (Å²) in [4.78, 5) is 5.07. The van der Waals surface area contributed by atoms with Crippen LogP contribution in [0, 0.1) is 13.8 Å². The summed E-state index contributed by atoms with van der Waals surface area (Å²) >= 11 is 0. The number of pyridine rings is 2. The van der Waals surface area contributed by atoms with Gasteiger partial charge in [-0.2, -0.15) is 0 Å². The van der Waals surface area contributed by atoms with Crippen molar-refractivity contribution in [3.63, 3.8) is 0 Å². The maximum atomic E-state index is 5.07. The van der Waals surface area contributed by atoms with Gasteiger partial charge >= 0.3 is 0 Å². The molecular formula is C25H18N2. The normalized spacial score (nSPS) is 12.1. The third kappa shape index (κ3) is 1.93. The summed E-state index contributed by atoms with van der Waals surface area (Å²) in [5.41, 5.74) is 7.17. The first-order valence-electron chi connectivity index (χ1n) is 9.33. The number of hydrogen-bond acceptors (Lipinski definition) is 1. The Hall–Kier alpha value is -3.39. The van der Waals surface area contributed by atoms with Crippen molar-refractivity contribution in [2.45, 2.75) is 13.8 Å². The molecule has 128 valence electrons. The van der Waals surface area contributed by atoms with Crippen LogP contribution in [0.3, 0.4) is 0 Å². The van der Waals surface area contributed by atoms with E-state index in [9.17, 15) is 0 Å². The summed E-state index contributed by atoms with van der Waals surface area (Å²) in [6.07, 6.45) is 0. The number of benzene rings is 3. The average molecular weight is 346 g/mol. The molecule has 0 saturated carbocycles. The number of nitrogens with zero attached hydrogens (tertiary/aromatic N) is 2. The summed E-state index contributed by atoms with van der Waals surface area (Å²) in [5.74, 6) is 0. The monoisotopic (exact) mass is 346 g/mol. The number of para-hydroxylation sites is 1. The predicted molar refractivity (Wildman–Crippen MR) is 115 cm³/mol. The number of hydrogen-bond donors (Lipinski definition) is 0. The predicted octanol–water partition coefficient (Wildman–Crippen LogP) is 6.56. The Balaban J connectivity index is 1.92. The lowest BCUT2D eigenvalue weighted by atomic mass is 10.0. The molecule has 3 heterocycles. The molecule has 0 unspecified atom stereocenters. The van der Waals surface area contributed by atoms with Gasteiger partial charge < -0.3 is 0 Å². The molecule has 2 heteroatoms. The molecule has 0 amide bonds. The van der Waals surface area contributed by atoms with Crippen LogP contribution >= 0.6 is 0 Å². The van der Waals surface area contributed by atoms with Crippen molar-refractivity contribution in [3.05, 3.63) is 83.9 Å². The average Bonchev–Trinajstić information content (AvgIpc) is 3.07. The molecule has 0 fully saturated rings. The second-order valence-corrected chi connectivity index (χ2v) is 7.43. The minimum Gasteiger partial charge on any atom is -0.294 e. The van der Waals surface area contributed by atoms with Crippen molar-refractivity contribution < 1.29 is 0 Å². The van der Waals surface area contributed by atoms with Crippen LogP contribution in [0.1, 0.15) is 11.1 Å². The molecule has 0 bridgehead atoms. The summed E-state index contributed by atoms with van der Waals surface area (Å²) in [6.45, 7) is 4.43. The molecule has 27 heavy (non-hydrogen) atoms. The molecule has 0 aliphatic heterocycles. The van der Waals surface area contributed by atoms with Gasteiger partial charge in [0.05, 0.1) is 16.6 Å². The number of fused-ring (bicyclic) bond motifs is 7. The largest absolute Gasteiger partial charge is 0.294 e. The summed E-state index contributed by atoms with van der Waals surface area (Å²) in [6, 6.07) is 26.1. The van der Waals surface area contributed by atoms with Crippen LogP contribution in [0.25, 0.3) is 49.1 Å². The van der Waals surface area contributed by atoms with Gasteiger partial charge in [-0.3, -0.25) is 4.40 Å². The van der Waals surface area contributed by atoms with E-state index >= 15 is 0 Å². The lowest BCUT2D eigenvalue weighted by molar-refractivity contribution is 1.22. The van der Waals surface area contributed by atoms with Gasteiger partial charge in [0.2, 0.25) is 0 Å². The second kappa shape index (κ2) is 5.08. The fourth-order valence-electron chi connectivity index (χ4n) is 4.35. The zero-order valence-electron chi connectivity index (χ0n) is 15.3. The Morgan fingerprint density at radius 3 is 2.11 bits per heavy atom. The van der Waals surface area contributed by atoms with Crippen molar-refractivity contribution >= 4 is 49.1 Å². The molecule has 3 aromatic carbocycles. The number of rotatable bonds is 0. The van der Waals surface area contributed by atoms with E-state index in [1.54, 1.807) is 0 Å². The van der Waals surface area contributed by atoms with Crippen molar-refractivity contribution in [2.24, 2.45) is 0 Å². The second-order valence-electron chi connectivity index (χ2n) is 7.43. The first-order valence-corrected chi connectivity index (χ1v) is 9.33. The number of aryl methyl sites for hydroxylation is 2. The van der Waals surface area contributed by atoms with Crippen molar-refractivity contribution in [3.8, 4) is 0 Å². The standard InChI is InChI=1S/C25H18N2/c1-15-16(2)23-14-20-11-17-7-3-4-8-18(17)13-24(20)27(23)25-21(15)12-19-9-5-6-10-22(19)26-25/h3-14H,1-2H3. The van der Waals surface area contributed by atoms with E-state index in [1.165, 1.54) is 49.1 Å². The smallest absolute Gasteiger partial charge is 0.145 e. The van der Waals surface area contributed by atoms with Gasteiger partial charge in [0.15, 0.2) is 0 Å². The van der Waals surface area contributed by atoms with Crippen LogP contribution in [-0.2, 0) is 0 Å². The van der Waals surface area contributed by atoms with Crippen LogP contribution in [0.5, 0.6) is 0 Å². The summed E-state index contributed by atoms with van der Waals surface area (Å²) < 4.78 is 2.34.